The summed E-state index contributed by atoms with van der Waals surface area (Å²) < 4.78 is 2.87. The SMILES string of the molecule is CCc1cc(-n2nc(C)c(Br)c2C)ncn1. The summed E-state index contributed by atoms with van der Waals surface area (Å²) in [6, 6.07) is 1.96. The first-order chi connectivity index (χ1) is 7.63. The lowest BCUT2D eigenvalue weighted by Crippen LogP contribution is -2.03. The molecule has 0 atom stereocenters. The van der Waals surface area contributed by atoms with E-state index in [4.69, 9.17) is 0 Å². The molecule has 0 amide bonds. The van der Waals surface area contributed by atoms with E-state index in [1.165, 1.54) is 0 Å². The number of aromatic nitrogens is 4. The maximum atomic E-state index is 4.43. The molecule has 0 aliphatic heterocycles. The van der Waals surface area contributed by atoms with Gasteiger partial charge in [-0.1, -0.05) is 6.92 Å². The molecule has 0 saturated heterocycles. The van der Waals surface area contributed by atoms with Crippen LogP contribution in [0.3, 0.4) is 0 Å². The van der Waals surface area contributed by atoms with Gasteiger partial charge in [-0.15, -0.1) is 0 Å². The smallest absolute Gasteiger partial charge is 0.157 e. The fourth-order valence-electron chi connectivity index (χ4n) is 1.54. The Bertz CT molecular complexity index is 519. The van der Waals surface area contributed by atoms with E-state index < -0.39 is 0 Å². The molecule has 0 radical (unpaired) electrons. The summed E-state index contributed by atoms with van der Waals surface area (Å²) in [6.07, 6.45) is 2.48. The molecule has 0 unspecified atom stereocenters. The molecule has 2 rings (SSSR count). The van der Waals surface area contributed by atoms with Crippen LogP contribution in [0, 0.1) is 13.8 Å². The molecule has 0 aromatic carbocycles. The minimum absolute atomic E-state index is 0.818. The van der Waals surface area contributed by atoms with Crippen LogP contribution in [0.1, 0.15) is 24.0 Å². The van der Waals surface area contributed by atoms with Crippen LogP contribution in [0.4, 0.5) is 0 Å². The van der Waals surface area contributed by atoms with Crippen molar-refractivity contribution < 1.29 is 0 Å². The van der Waals surface area contributed by atoms with E-state index in [-0.39, 0.29) is 0 Å². The summed E-state index contributed by atoms with van der Waals surface area (Å²) in [6.45, 7) is 6.05. The zero-order chi connectivity index (χ0) is 11.7. The molecule has 5 heteroatoms. The van der Waals surface area contributed by atoms with Crippen LogP contribution >= 0.6 is 15.9 Å². The second kappa shape index (κ2) is 4.33. The fraction of sp³-hybridized carbons (Fsp3) is 0.364. The Labute approximate surface area is 103 Å². The fourth-order valence-corrected chi connectivity index (χ4v) is 1.79. The predicted octanol–water partition coefficient (Wildman–Crippen LogP) is 2.60. The zero-order valence-corrected chi connectivity index (χ0v) is 11.1. The standard InChI is InChI=1S/C11H13BrN4/c1-4-9-5-10(14-6-13-9)16-8(3)11(12)7(2)15-16/h5-6H,4H2,1-3H3. The van der Waals surface area contributed by atoms with Crippen molar-refractivity contribution in [3.8, 4) is 5.82 Å². The van der Waals surface area contributed by atoms with Gasteiger partial charge in [0.05, 0.1) is 15.9 Å². The predicted molar refractivity (Wildman–Crippen MR) is 65.7 cm³/mol. The maximum Gasteiger partial charge on any atom is 0.157 e. The molecule has 0 spiro atoms. The van der Waals surface area contributed by atoms with Gasteiger partial charge in [0, 0.05) is 11.8 Å². The summed E-state index contributed by atoms with van der Waals surface area (Å²) in [5.41, 5.74) is 3.04. The molecule has 0 bridgehead atoms. The normalized spacial score (nSPS) is 10.8. The van der Waals surface area contributed by atoms with Gasteiger partial charge in [0.1, 0.15) is 6.33 Å². The molecular weight excluding hydrogens is 268 g/mol. The van der Waals surface area contributed by atoms with Crippen LogP contribution in [0.2, 0.25) is 0 Å². The molecule has 16 heavy (non-hydrogen) atoms. The lowest BCUT2D eigenvalue weighted by Gasteiger charge is -2.04. The van der Waals surface area contributed by atoms with E-state index >= 15 is 0 Å². The molecule has 2 aromatic heterocycles. The summed E-state index contributed by atoms with van der Waals surface area (Å²) in [5, 5.41) is 4.43. The Kier molecular flexibility index (Phi) is 3.05. The summed E-state index contributed by atoms with van der Waals surface area (Å²) in [5.74, 6) is 0.818. The van der Waals surface area contributed by atoms with Crippen molar-refractivity contribution in [3.05, 3.63) is 33.9 Å². The van der Waals surface area contributed by atoms with E-state index in [1.54, 1.807) is 6.33 Å². The molecule has 84 valence electrons. The van der Waals surface area contributed by atoms with E-state index in [0.29, 0.717) is 0 Å². The van der Waals surface area contributed by atoms with E-state index in [9.17, 15) is 0 Å². The molecule has 0 N–H and O–H groups in total. The first-order valence-electron chi connectivity index (χ1n) is 5.16. The lowest BCUT2D eigenvalue weighted by atomic mass is 10.3. The minimum Gasteiger partial charge on any atom is -0.241 e. The monoisotopic (exact) mass is 280 g/mol. The highest BCUT2D eigenvalue weighted by molar-refractivity contribution is 9.10. The van der Waals surface area contributed by atoms with Crippen molar-refractivity contribution >= 4 is 15.9 Å². The molecule has 2 heterocycles. The number of halogens is 1. The number of hydrogen-bond donors (Lipinski definition) is 0. The largest absolute Gasteiger partial charge is 0.241 e. The van der Waals surface area contributed by atoms with Gasteiger partial charge in [-0.3, -0.25) is 0 Å². The second-order valence-electron chi connectivity index (χ2n) is 3.62. The molecule has 2 aromatic rings. The Morgan fingerprint density at radius 3 is 2.62 bits per heavy atom. The third kappa shape index (κ3) is 1.87. The Hall–Kier alpha value is -1.23. The summed E-state index contributed by atoms with van der Waals surface area (Å²) >= 11 is 3.51. The van der Waals surface area contributed by atoms with Crippen LogP contribution < -0.4 is 0 Å². The van der Waals surface area contributed by atoms with Crippen molar-refractivity contribution in [1.29, 1.82) is 0 Å². The first-order valence-corrected chi connectivity index (χ1v) is 5.95. The highest BCUT2D eigenvalue weighted by Gasteiger charge is 2.11. The van der Waals surface area contributed by atoms with E-state index in [2.05, 4.69) is 37.9 Å². The average molecular weight is 281 g/mol. The molecule has 0 aliphatic rings. The lowest BCUT2D eigenvalue weighted by molar-refractivity contribution is 0.793. The Morgan fingerprint density at radius 2 is 2.06 bits per heavy atom. The van der Waals surface area contributed by atoms with Crippen molar-refractivity contribution in [2.24, 2.45) is 0 Å². The summed E-state index contributed by atoms with van der Waals surface area (Å²) in [4.78, 5) is 8.42. The van der Waals surface area contributed by atoms with Crippen LogP contribution in [0.5, 0.6) is 0 Å². The van der Waals surface area contributed by atoms with Gasteiger partial charge in [0.25, 0.3) is 0 Å². The van der Waals surface area contributed by atoms with Gasteiger partial charge in [-0.2, -0.15) is 5.10 Å². The maximum absolute atomic E-state index is 4.43. The second-order valence-corrected chi connectivity index (χ2v) is 4.41. The first kappa shape index (κ1) is 11.3. The molecule has 4 nitrogen and oxygen atoms in total. The zero-order valence-electron chi connectivity index (χ0n) is 9.53. The molecule has 0 aliphatic carbocycles. The van der Waals surface area contributed by atoms with Crippen molar-refractivity contribution in [1.82, 2.24) is 19.7 Å². The minimum atomic E-state index is 0.818. The van der Waals surface area contributed by atoms with Crippen molar-refractivity contribution in [3.63, 3.8) is 0 Å². The molecular formula is C11H13BrN4. The quantitative estimate of drug-likeness (QED) is 0.849. The van der Waals surface area contributed by atoms with Gasteiger partial charge < -0.3 is 0 Å². The highest BCUT2D eigenvalue weighted by atomic mass is 79.9. The Morgan fingerprint density at radius 1 is 1.31 bits per heavy atom. The van der Waals surface area contributed by atoms with Gasteiger partial charge in [0.15, 0.2) is 5.82 Å². The van der Waals surface area contributed by atoms with E-state index in [1.807, 2.05) is 24.6 Å². The van der Waals surface area contributed by atoms with Crippen molar-refractivity contribution in [2.45, 2.75) is 27.2 Å². The van der Waals surface area contributed by atoms with Crippen LogP contribution in [0.25, 0.3) is 5.82 Å². The molecule has 0 fully saturated rings. The summed E-state index contributed by atoms with van der Waals surface area (Å²) in [7, 11) is 0. The third-order valence-corrected chi connectivity index (χ3v) is 3.64. The average Bonchev–Trinajstić information content (AvgIpc) is 2.57. The topological polar surface area (TPSA) is 43.6 Å². The third-order valence-electron chi connectivity index (χ3n) is 2.49. The van der Waals surface area contributed by atoms with E-state index in [0.717, 1.165) is 33.8 Å². The van der Waals surface area contributed by atoms with Crippen LogP contribution in [-0.2, 0) is 6.42 Å². The van der Waals surface area contributed by atoms with Gasteiger partial charge in [-0.05, 0) is 36.2 Å². The highest BCUT2D eigenvalue weighted by Crippen LogP contribution is 2.22. The number of rotatable bonds is 2. The molecule has 0 saturated carbocycles. The van der Waals surface area contributed by atoms with Crippen LogP contribution in [0.15, 0.2) is 16.9 Å². The number of aryl methyl sites for hydroxylation is 2. The van der Waals surface area contributed by atoms with Gasteiger partial charge in [-0.25, -0.2) is 14.6 Å². The van der Waals surface area contributed by atoms with Gasteiger partial charge >= 0.3 is 0 Å². The number of hydrogen-bond acceptors (Lipinski definition) is 3. The van der Waals surface area contributed by atoms with Gasteiger partial charge in [0.2, 0.25) is 0 Å². The number of nitrogens with zero attached hydrogens (tertiary/aromatic N) is 4. The van der Waals surface area contributed by atoms with Crippen LogP contribution in [-0.4, -0.2) is 19.7 Å². The Balaban J connectivity index is 2.54. The van der Waals surface area contributed by atoms with Crippen molar-refractivity contribution in [2.75, 3.05) is 0 Å².